The molecule has 0 aromatic heterocycles. The molecule has 0 amide bonds. The molecular weight excluding hydrogens is 151 g/mol. The second kappa shape index (κ2) is 4.55. The predicted molar refractivity (Wildman–Crippen MR) is 43.4 cm³/mol. The largest absolute Gasteiger partial charge is 0.365 e. The van der Waals surface area contributed by atoms with E-state index in [1.54, 1.807) is 11.8 Å². The first-order valence-electron chi connectivity index (χ1n) is 3.40. The van der Waals surface area contributed by atoms with Crippen LogP contribution in [0.4, 0.5) is 4.39 Å². The van der Waals surface area contributed by atoms with Crippen molar-refractivity contribution < 1.29 is 4.39 Å². The Hall–Kier alpha value is -0.250. The molecule has 0 spiro atoms. The monoisotopic (exact) mass is 162 g/mol. The first kappa shape index (κ1) is 7.85. The fraction of sp³-hybridized carbons (Fsp3) is 0.833. The number of alkyl halides is 1. The van der Waals surface area contributed by atoms with Gasteiger partial charge in [0.25, 0.3) is 0 Å². The highest BCUT2D eigenvalue weighted by molar-refractivity contribution is 8.14. The van der Waals surface area contributed by atoms with Gasteiger partial charge in [-0.15, -0.1) is 0 Å². The zero-order valence-corrected chi connectivity index (χ0v) is 6.59. The first-order chi connectivity index (χ1) is 4.93. The minimum Gasteiger partial charge on any atom is -0.365 e. The Bertz CT molecular complexity index is 127. The van der Waals surface area contributed by atoms with Crippen molar-refractivity contribution in [2.24, 2.45) is 4.99 Å². The number of thioether (sulfide) groups is 1. The van der Waals surface area contributed by atoms with E-state index in [0.29, 0.717) is 13.0 Å². The van der Waals surface area contributed by atoms with Gasteiger partial charge in [-0.2, -0.15) is 0 Å². The van der Waals surface area contributed by atoms with Crippen LogP contribution in [0.1, 0.15) is 6.42 Å². The van der Waals surface area contributed by atoms with Crippen LogP contribution in [0.15, 0.2) is 4.99 Å². The third-order valence-electron chi connectivity index (χ3n) is 1.17. The standard InChI is InChI=1S/C6H11FN2S/c7-2-1-3-8-6-9-4-5-10-6/h1-5H2,(H,8,9). The molecule has 0 radical (unpaired) electrons. The Morgan fingerprint density at radius 2 is 2.60 bits per heavy atom. The highest BCUT2D eigenvalue weighted by Crippen LogP contribution is 2.08. The molecule has 1 aliphatic heterocycles. The lowest BCUT2D eigenvalue weighted by Gasteiger charge is -2.00. The number of nitrogens with zero attached hydrogens (tertiary/aromatic N) is 1. The van der Waals surface area contributed by atoms with E-state index in [2.05, 4.69) is 10.3 Å². The van der Waals surface area contributed by atoms with Crippen LogP contribution in [0.3, 0.4) is 0 Å². The summed E-state index contributed by atoms with van der Waals surface area (Å²) in [5.74, 6) is 1.07. The van der Waals surface area contributed by atoms with Crippen molar-refractivity contribution >= 4 is 16.9 Å². The molecule has 0 aromatic carbocycles. The third-order valence-corrected chi connectivity index (χ3v) is 2.11. The number of aliphatic imine (C=N–C) groups is 1. The molecule has 0 aliphatic carbocycles. The van der Waals surface area contributed by atoms with Gasteiger partial charge in [0.1, 0.15) is 0 Å². The molecule has 1 aliphatic rings. The van der Waals surface area contributed by atoms with Gasteiger partial charge in [-0.25, -0.2) is 0 Å². The number of nitrogens with one attached hydrogen (secondary N) is 1. The lowest BCUT2D eigenvalue weighted by atomic mass is 10.5. The summed E-state index contributed by atoms with van der Waals surface area (Å²) in [7, 11) is 0. The van der Waals surface area contributed by atoms with Gasteiger partial charge in [-0.1, -0.05) is 11.8 Å². The van der Waals surface area contributed by atoms with E-state index >= 15 is 0 Å². The lowest BCUT2D eigenvalue weighted by Crippen LogP contribution is -2.20. The average Bonchev–Trinajstić information content (AvgIpc) is 2.41. The second-order valence-corrected chi connectivity index (χ2v) is 3.09. The maximum atomic E-state index is 11.6. The Kier molecular flexibility index (Phi) is 3.57. The van der Waals surface area contributed by atoms with Crippen LogP contribution >= 0.6 is 11.8 Å². The quantitative estimate of drug-likeness (QED) is 0.627. The Morgan fingerprint density at radius 1 is 1.70 bits per heavy atom. The summed E-state index contributed by atoms with van der Waals surface area (Å²) >= 11 is 1.71. The molecule has 0 atom stereocenters. The molecule has 0 saturated carbocycles. The topological polar surface area (TPSA) is 24.4 Å². The third kappa shape index (κ3) is 2.56. The van der Waals surface area contributed by atoms with Gasteiger partial charge in [0.15, 0.2) is 5.17 Å². The minimum absolute atomic E-state index is 0.245. The summed E-state index contributed by atoms with van der Waals surface area (Å²) in [6.45, 7) is 1.37. The van der Waals surface area contributed by atoms with Crippen LogP contribution < -0.4 is 5.32 Å². The Morgan fingerprint density at radius 3 is 3.20 bits per heavy atom. The highest BCUT2D eigenvalue weighted by atomic mass is 32.2. The molecule has 1 rings (SSSR count). The number of hydrogen-bond donors (Lipinski definition) is 1. The first-order valence-corrected chi connectivity index (χ1v) is 4.39. The van der Waals surface area contributed by atoms with Crippen molar-refractivity contribution in [1.29, 1.82) is 0 Å². The number of hydrogen-bond acceptors (Lipinski definition) is 3. The molecule has 2 nitrogen and oxygen atoms in total. The van der Waals surface area contributed by atoms with Crippen LogP contribution in [0.5, 0.6) is 0 Å². The molecule has 1 heterocycles. The molecule has 1 N–H and O–H groups in total. The molecule has 0 unspecified atom stereocenters. The summed E-state index contributed by atoms with van der Waals surface area (Å²) in [5.41, 5.74) is 0. The number of amidine groups is 1. The van der Waals surface area contributed by atoms with Gasteiger partial charge in [0.2, 0.25) is 0 Å². The number of halogens is 1. The van der Waals surface area contributed by atoms with Crippen LogP contribution in [0.2, 0.25) is 0 Å². The molecule has 0 aromatic rings. The van der Waals surface area contributed by atoms with E-state index < -0.39 is 0 Å². The normalized spacial score (nSPS) is 17.1. The van der Waals surface area contributed by atoms with E-state index in [9.17, 15) is 4.39 Å². The molecule has 0 saturated heterocycles. The molecular formula is C6H11FN2S. The maximum absolute atomic E-state index is 11.6. The number of rotatable bonds is 3. The van der Waals surface area contributed by atoms with Crippen molar-refractivity contribution in [2.75, 3.05) is 25.5 Å². The summed E-state index contributed by atoms with van der Waals surface area (Å²) in [6.07, 6.45) is 0.583. The average molecular weight is 162 g/mol. The van der Waals surface area contributed by atoms with Gasteiger partial charge in [0.05, 0.1) is 13.2 Å². The van der Waals surface area contributed by atoms with E-state index in [4.69, 9.17) is 0 Å². The highest BCUT2D eigenvalue weighted by Gasteiger charge is 2.04. The van der Waals surface area contributed by atoms with Crippen molar-refractivity contribution in [2.45, 2.75) is 6.42 Å². The molecule has 0 fully saturated rings. The van der Waals surface area contributed by atoms with Crippen LogP contribution in [-0.2, 0) is 0 Å². The van der Waals surface area contributed by atoms with Gasteiger partial charge in [-0.05, 0) is 6.42 Å². The van der Waals surface area contributed by atoms with Crippen molar-refractivity contribution in [3.63, 3.8) is 0 Å². The summed E-state index contributed by atoms with van der Waals surface area (Å²) in [6, 6.07) is 0. The van der Waals surface area contributed by atoms with Gasteiger partial charge in [-0.3, -0.25) is 9.38 Å². The summed E-state index contributed by atoms with van der Waals surface area (Å²) < 4.78 is 11.6. The Balaban J connectivity index is 2.01. The van der Waals surface area contributed by atoms with E-state index in [0.717, 1.165) is 17.5 Å². The van der Waals surface area contributed by atoms with Gasteiger partial charge < -0.3 is 5.32 Å². The second-order valence-electron chi connectivity index (χ2n) is 2.00. The van der Waals surface area contributed by atoms with Crippen LogP contribution in [0, 0.1) is 0 Å². The fourth-order valence-electron chi connectivity index (χ4n) is 0.704. The Labute approximate surface area is 64.3 Å². The molecule has 58 valence electrons. The van der Waals surface area contributed by atoms with Crippen molar-refractivity contribution in [1.82, 2.24) is 5.32 Å². The molecule has 10 heavy (non-hydrogen) atoms. The zero-order chi connectivity index (χ0) is 7.23. The predicted octanol–water partition coefficient (Wildman–Crippen LogP) is 1.04. The SMILES string of the molecule is FCCCNC1=NCCS1. The fourth-order valence-corrected chi connectivity index (χ4v) is 1.47. The molecule has 0 bridgehead atoms. The zero-order valence-electron chi connectivity index (χ0n) is 5.77. The summed E-state index contributed by atoms with van der Waals surface area (Å²) in [4.78, 5) is 4.15. The van der Waals surface area contributed by atoms with E-state index in [1.165, 1.54) is 0 Å². The van der Waals surface area contributed by atoms with Crippen molar-refractivity contribution in [3.05, 3.63) is 0 Å². The van der Waals surface area contributed by atoms with E-state index in [1.807, 2.05) is 0 Å². The molecule has 4 heteroatoms. The minimum atomic E-state index is -0.245. The van der Waals surface area contributed by atoms with E-state index in [-0.39, 0.29) is 6.67 Å². The summed E-state index contributed by atoms with van der Waals surface area (Å²) in [5, 5.41) is 4.04. The lowest BCUT2D eigenvalue weighted by molar-refractivity contribution is 0.472. The van der Waals surface area contributed by atoms with Gasteiger partial charge in [0, 0.05) is 12.3 Å². The van der Waals surface area contributed by atoms with Crippen LogP contribution in [0.25, 0.3) is 0 Å². The maximum Gasteiger partial charge on any atom is 0.156 e. The van der Waals surface area contributed by atoms with Crippen LogP contribution in [-0.4, -0.2) is 30.7 Å². The smallest absolute Gasteiger partial charge is 0.156 e. The van der Waals surface area contributed by atoms with Crippen molar-refractivity contribution in [3.8, 4) is 0 Å². The van der Waals surface area contributed by atoms with Gasteiger partial charge >= 0.3 is 0 Å².